The summed E-state index contributed by atoms with van der Waals surface area (Å²) in [6, 6.07) is 13.6. The van der Waals surface area contributed by atoms with Gasteiger partial charge in [-0.25, -0.2) is 4.90 Å². The molecule has 148 valence electrons. The highest BCUT2D eigenvalue weighted by Gasteiger charge is 2.71. The Balaban J connectivity index is 1.68. The summed E-state index contributed by atoms with van der Waals surface area (Å²) < 4.78 is 0. The number of benzene rings is 2. The molecule has 5 atom stereocenters. The maximum Gasteiger partial charge on any atom is 0.250 e. The fourth-order valence-corrected chi connectivity index (χ4v) is 5.05. The molecule has 2 saturated heterocycles. The second kappa shape index (κ2) is 5.98. The van der Waals surface area contributed by atoms with Crippen molar-refractivity contribution in [1.82, 2.24) is 5.32 Å². The third-order valence-corrected chi connectivity index (χ3v) is 6.37. The lowest BCUT2D eigenvalue weighted by atomic mass is 9.76. The van der Waals surface area contributed by atoms with E-state index < -0.39 is 41.3 Å². The maximum absolute atomic E-state index is 13.6. The van der Waals surface area contributed by atoms with Crippen molar-refractivity contribution >= 4 is 29.1 Å². The van der Waals surface area contributed by atoms with Crippen molar-refractivity contribution in [1.29, 1.82) is 0 Å². The zero-order valence-corrected chi connectivity index (χ0v) is 16.0. The molecule has 1 spiro atoms. The SMILES string of the molecule is Cc1ccc(N2C(=O)[C@@H]3[C@H]([C@H](C)O)N[C@@]4(C(=O)Nc5ccccc54)[C@@H]3C2=O)cc1. The largest absolute Gasteiger partial charge is 0.392 e. The van der Waals surface area contributed by atoms with Gasteiger partial charge >= 0.3 is 0 Å². The molecule has 3 N–H and O–H groups in total. The zero-order valence-electron chi connectivity index (χ0n) is 16.0. The van der Waals surface area contributed by atoms with Crippen LogP contribution in [0.1, 0.15) is 18.1 Å². The first-order valence-corrected chi connectivity index (χ1v) is 9.67. The van der Waals surface area contributed by atoms with E-state index in [1.165, 1.54) is 4.90 Å². The molecule has 2 aromatic carbocycles. The van der Waals surface area contributed by atoms with E-state index in [9.17, 15) is 19.5 Å². The Labute approximate surface area is 167 Å². The van der Waals surface area contributed by atoms with Gasteiger partial charge in [-0.15, -0.1) is 0 Å². The maximum atomic E-state index is 13.6. The number of aliphatic hydroxyl groups excluding tert-OH is 1. The van der Waals surface area contributed by atoms with E-state index in [1.807, 2.05) is 19.1 Å². The Bertz CT molecular complexity index is 1050. The van der Waals surface area contributed by atoms with Crippen molar-refractivity contribution in [3.05, 3.63) is 59.7 Å². The molecule has 3 aliphatic rings. The number of carbonyl (C=O) groups is 3. The van der Waals surface area contributed by atoms with Gasteiger partial charge in [0.15, 0.2) is 0 Å². The van der Waals surface area contributed by atoms with Crippen molar-refractivity contribution < 1.29 is 19.5 Å². The molecule has 0 unspecified atom stereocenters. The van der Waals surface area contributed by atoms with Crippen molar-refractivity contribution in [2.24, 2.45) is 11.8 Å². The molecule has 7 nitrogen and oxygen atoms in total. The summed E-state index contributed by atoms with van der Waals surface area (Å²) in [5.74, 6) is -2.95. The molecule has 3 heterocycles. The molecule has 0 saturated carbocycles. The van der Waals surface area contributed by atoms with Crippen molar-refractivity contribution in [3.63, 3.8) is 0 Å². The second-order valence-corrected chi connectivity index (χ2v) is 8.07. The Hall–Kier alpha value is -3.03. The number of nitrogens with one attached hydrogen (secondary N) is 2. The van der Waals surface area contributed by atoms with E-state index in [-0.39, 0.29) is 5.91 Å². The molecular formula is C22H21N3O4. The van der Waals surface area contributed by atoms with Gasteiger partial charge in [0.25, 0.3) is 0 Å². The van der Waals surface area contributed by atoms with E-state index in [0.717, 1.165) is 5.56 Å². The van der Waals surface area contributed by atoms with Gasteiger partial charge in [0.1, 0.15) is 5.54 Å². The van der Waals surface area contributed by atoms with Gasteiger partial charge in [-0.05, 0) is 32.0 Å². The number of aryl methyl sites for hydroxylation is 1. The molecule has 3 aliphatic heterocycles. The van der Waals surface area contributed by atoms with Crippen LogP contribution >= 0.6 is 0 Å². The Kier molecular flexibility index (Phi) is 3.72. The summed E-state index contributed by atoms with van der Waals surface area (Å²) in [7, 11) is 0. The van der Waals surface area contributed by atoms with E-state index in [2.05, 4.69) is 10.6 Å². The third-order valence-electron chi connectivity index (χ3n) is 6.37. The fraction of sp³-hybridized carbons (Fsp3) is 0.318. The van der Waals surface area contributed by atoms with Crippen LogP contribution < -0.4 is 15.5 Å². The number of amides is 3. The number of anilines is 2. The lowest BCUT2D eigenvalue weighted by molar-refractivity contribution is -0.130. The summed E-state index contributed by atoms with van der Waals surface area (Å²) in [6.45, 7) is 3.49. The van der Waals surface area contributed by atoms with Gasteiger partial charge < -0.3 is 10.4 Å². The molecular weight excluding hydrogens is 370 g/mol. The highest BCUT2D eigenvalue weighted by molar-refractivity contribution is 6.25. The normalized spacial score (nSPS) is 31.2. The lowest BCUT2D eigenvalue weighted by Crippen LogP contribution is -2.54. The Morgan fingerprint density at radius 3 is 2.41 bits per heavy atom. The van der Waals surface area contributed by atoms with E-state index >= 15 is 0 Å². The summed E-state index contributed by atoms with van der Waals surface area (Å²) in [4.78, 5) is 41.3. The predicted molar refractivity (Wildman–Crippen MR) is 106 cm³/mol. The molecule has 5 rings (SSSR count). The molecule has 0 aliphatic carbocycles. The molecule has 2 aromatic rings. The van der Waals surface area contributed by atoms with Gasteiger partial charge in [0.2, 0.25) is 17.7 Å². The Morgan fingerprint density at radius 1 is 1.03 bits per heavy atom. The quantitative estimate of drug-likeness (QED) is 0.671. The van der Waals surface area contributed by atoms with Crippen LogP contribution in [0, 0.1) is 18.8 Å². The molecule has 0 aromatic heterocycles. The van der Waals surface area contributed by atoms with Gasteiger partial charge in [-0.3, -0.25) is 19.7 Å². The molecule has 7 heteroatoms. The fourth-order valence-electron chi connectivity index (χ4n) is 5.05. The predicted octanol–water partition coefficient (Wildman–Crippen LogP) is 1.30. The standard InChI is InChI=1S/C22H21N3O4/c1-11-7-9-13(10-8-11)25-19(27)16-17(20(25)28)22(24-18(16)12(2)26)14-5-3-4-6-15(14)23-21(22)29/h3-10,12,16-18,24,26H,1-2H3,(H,23,29)/t12-,16-,17-,18-,22+/m0/s1. The number of hydrogen-bond acceptors (Lipinski definition) is 5. The van der Waals surface area contributed by atoms with Crippen molar-refractivity contribution in [2.75, 3.05) is 10.2 Å². The van der Waals surface area contributed by atoms with Crippen LogP contribution in [0.5, 0.6) is 0 Å². The minimum Gasteiger partial charge on any atom is -0.392 e. The molecule has 0 radical (unpaired) electrons. The molecule has 29 heavy (non-hydrogen) atoms. The van der Waals surface area contributed by atoms with E-state index in [0.29, 0.717) is 16.9 Å². The first-order chi connectivity index (χ1) is 13.9. The monoisotopic (exact) mass is 391 g/mol. The molecule has 2 fully saturated rings. The van der Waals surface area contributed by atoms with Crippen LogP contribution in [0.25, 0.3) is 0 Å². The summed E-state index contributed by atoms with van der Waals surface area (Å²) in [5, 5.41) is 16.4. The minimum absolute atomic E-state index is 0.372. The van der Waals surface area contributed by atoms with Crippen molar-refractivity contribution in [2.45, 2.75) is 31.5 Å². The first kappa shape index (κ1) is 18.0. The van der Waals surface area contributed by atoms with Crippen LogP contribution in [0.4, 0.5) is 11.4 Å². The molecule has 3 amide bonds. The van der Waals surface area contributed by atoms with Gasteiger partial charge in [-0.1, -0.05) is 35.9 Å². The highest BCUT2D eigenvalue weighted by Crippen LogP contribution is 2.53. The number of carbonyl (C=O) groups excluding carboxylic acids is 3. The number of imide groups is 1. The Morgan fingerprint density at radius 2 is 1.72 bits per heavy atom. The van der Waals surface area contributed by atoms with E-state index in [4.69, 9.17) is 0 Å². The van der Waals surface area contributed by atoms with Crippen molar-refractivity contribution in [3.8, 4) is 0 Å². The van der Waals surface area contributed by atoms with Crippen LogP contribution in [0.2, 0.25) is 0 Å². The van der Waals surface area contributed by atoms with Crippen LogP contribution in [-0.2, 0) is 19.9 Å². The topological polar surface area (TPSA) is 98.7 Å². The first-order valence-electron chi connectivity index (χ1n) is 9.67. The van der Waals surface area contributed by atoms with Crippen LogP contribution in [0.3, 0.4) is 0 Å². The van der Waals surface area contributed by atoms with Gasteiger partial charge in [0.05, 0.1) is 23.6 Å². The van der Waals surface area contributed by atoms with Crippen LogP contribution in [0.15, 0.2) is 48.5 Å². The average Bonchev–Trinajstić information content (AvgIpc) is 3.28. The lowest BCUT2D eigenvalue weighted by Gasteiger charge is -2.30. The van der Waals surface area contributed by atoms with E-state index in [1.54, 1.807) is 43.3 Å². The number of nitrogens with zero attached hydrogens (tertiary/aromatic N) is 1. The highest BCUT2D eigenvalue weighted by atomic mass is 16.3. The number of para-hydroxylation sites is 1. The average molecular weight is 391 g/mol. The smallest absolute Gasteiger partial charge is 0.250 e. The number of rotatable bonds is 2. The summed E-state index contributed by atoms with van der Waals surface area (Å²) in [6.07, 6.45) is -0.919. The summed E-state index contributed by atoms with van der Waals surface area (Å²) in [5.41, 5.74) is 1.36. The third kappa shape index (κ3) is 2.22. The van der Waals surface area contributed by atoms with Gasteiger partial charge in [0, 0.05) is 17.3 Å². The summed E-state index contributed by atoms with van der Waals surface area (Å²) >= 11 is 0. The minimum atomic E-state index is -1.38. The number of fused-ring (bicyclic) bond motifs is 4. The van der Waals surface area contributed by atoms with Gasteiger partial charge in [-0.2, -0.15) is 0 Å². The number of aliphatic hydroxyl groups is 1. The zero-order chi connectivity index (χ0) is 20.5. The van der Waals surface area contributed by atoms with Crippen LogP contribution in [-0.4, -0.2) is 35.0 Å². The number of hydrogen-bond donors (Lipinski definition) is 3. The second-order valence-electron chi connectivity index (χ2n) is 8.07. The molecule has 0 bridgehead atoms.